The lowest BCUT2D eigenvalue weighted by Gasteiger charge is -2.18. The highest BCUT2D eigenvalue weighted by atomic mass is 19.4. The average molecular weight is 449 g/mol. The maximum atomic E-state index is 14.6. The summed E-state index contributed by atoms with van der Waals surface area (Å²) in [5, 5.41) is 13.2. The van der Waals surface area contributed by atoms with Gasteiger partial charge in [0, 0.05) is 23.4 Å². The summed E-state index contributed by atoms with van der Waals surface area (Å²) in [6.45, 7) is -0.159. The first-order chi connectivity index (χ1) is 15.1. The van der Waals surface area contributed by atoms with Crippen LogP contribution in [0.3, 0.4) is 0 Å². The second-order valence-electron chi connectivity index (χ2n) is 6.68. The molecule has 164 valence electrons. The van der Waals surface area contributed by atoms with Gasteiger partial charge in [-0.3, -0.25) is 0 Å². The number of rotatable bonds is 4. The molecule has 0 fully saturated rings. The smallest absolute Gasteiger partial charge is 0.573 e. The molecule has 0 aliphatic rings. The Labute approximate surface area is 176 Å². The lowest BCUT2D eigenvalue weighted by atomic mass is 10.1. The van der Waals surface area contributed by atoms with Crippen LogP contribution in [-0.4, -0.2) is 15.7 Å². The lowest BCUT2D eigenvalue weighted by molar-refractivity contribution is -0.708. The number of ether oxygens (including phenoxy) is 1. The van der Waals surface area contributed by atoms with Crippen LogP contribution in [0, 0.1) is 11.8 Å². The van der Waals surface area contributed by atoms with Gasteiger partial charge in [0.1, 0.15) is 23.7 Å². The molecular weight excluding hydrogens is 437 g/mol. The van der Waals surface area contributed by atoms with E-state index in [2.05, 4.69) is 9.72 Å². The Morgan fingerprint density at radius 2 is 1.88 bits per heavy atom. The van der Waals surface area contributed by atoms with Crippen LogP contribution in [-0.2, 0) is 6.54 Å². The number of benzene rings is 1. The van der Waals surface area contributed by atoms with Crippen LogP contribution in [0.15, 0.2) is 65.7 Å². The van der Waals surface area contributed by atoms with Gasteiger partial charge in [-0.2, -0.15) is 8.79 Å². The van der Waals surface area contributed by atoms with Crippen molar-refractivity contribution in [2.75, 3.05) is 0 Å². The van der Waals surface area contributed by atoms with Gasteiger partial charge in [0.15, 0.2) is 0 Å². The zero-order valence-electron chi connectivity index (χ0n) is 15.9. The molecule has 6 nitrogen and oxygen atoms in total. The Hall–Kier alpha value is -4.02. The van der Waals surface area contributed by atoms with Gasteiger partial charge in [-0.05, 0) is 36.4 Å². The monoisotopic (exact) mass is 449 g/mol. The van der Waals surface area contributed by atoms with Gasteiger partial charge >= 0.3 is 11.9 Å². The molecule has 0 saturated carbocycles. The van der Waals surface area contributed by atoms with Crippen molar-refractivity contribution >= 4 is 5.65 Å². The molecule has 0 amide bonds. The molecule has 1 aromatic carbocycles. The number of hydrogen-bond acceptors (Lipinski definition) is 4. The van der Waals surface area contributed by atoms with Gasteiger partial charge in [-0.15, -0.1) is 13.2 Å². The van der Waals surface area contributed by atoms with E-state index in [1.165, 1.54) is 30.6 Å². The van der Waals surface area contributed by atoms with Crippen LogP contribution in [0.5, 0.6) is 11.6 Å². The largest absolute Gasteiger partial charge is 0.842 e. The van der Waals surface area contributed by atoms with E-state index < -0.39 is 46.4 Å². The van der Waals surface area contributed by atoms with Crippen molar-refractivity contribution in [2.24, 2.45) is 0 Å². The SMILES string of the molecule is O=c1c(-c2cc(OC(F)(F)F)ccc2F)c([O-])[n+](Cc2ccc(F)nc2)c2ccccn12. The predicted molar refractivity (Wildman–Crippen MR) is 98.7 cm³/mol. The molecule has 0 aliphatic heterocycles. The zero-order chi connectivity index (χ0) is 23.0. The number of nitrogens with zero attached hydrogens (tertiary/aromatic N) is 3. The molecule has 0 N–H and O–H groups in total. The summed E-state index contributed by atoms with van der Waals surface area (Å²) in [7, 11) is 0. The van der Waals surface area contributed by atoms with Gasteiger partial charge in [-0.1, -0.05) is 6.07 Å². The molecule has 3 heterocycles. The normalized spacial score (nSPS) is 11.7. The number of aromatic nitrogens is 3. The maximum Gasteiger partial charge on any atom is 0.573 e. The van der Waals surface area contributed by atoms with Crippen molar-refractivity contribution in [3.05, 3.63) is 88.6 Å². The summed E-state index contributed by atoms with van der Waals surface area (Å²) in [5.74, 6) is -3.56. The minimum Gasteiger partial charge on any atom is -0.842 e. The van der Waals surface area contributed by atoms with E-state index in [0.29, 0.717) is 17.7 Å². The highest BCUT2D eigenvalue weighted by Gasteiger charge is 2.32. The molecular formula is C21H12F5N3O3. The minimum absolute atomic E-state index is 0.138. The Kier molecular flexibility index (Phi) is 5.25. The first-order valence-corrected chi connectivity index (χ1v) is 9.04. The number of alkyl halides is 3. The molecule has 3 aromatic heterocycles. The molecule has 11 heteroatoms. The summed E-state index contributed by atoms with van der Waals surface area (Å²) >= 11 is 0. The highest BCUT2D eigenvalue weighted by Crippen LogP contribution is 2.31. The molecule has 4 aromatic rings. The summed E-state index contributed by atoms with van der Waals surface area (Å²) in [6, 6.07) is 9.01. The van der Waals surface area contributed by atoms with Crippen LogP contribution in [0.4, 0.5) is 22.0 Å². The van der Waals surface area contributed by atoms with Crippen molar-refractivity contribution in [3.8, 4) is 22.8 Å². The van der Waals surface area contributed by atoms with Gasteiger partial charge in [0.2, 0.25) is 5.95 Å². The number of hydrogen-bond donors (Lipinski definition) is 0. The average Bonchev–Trinajstić information content (AvgIpc) is 2.74. The molecule has 4 rings (SSSR count). The molecule has 32 heavy (non-hydrogen) atoms. The number of pyridine rings is 2. The Morgan fingerprint density at radius 1 is 1.09 bits per heavy atom. The van der Waals surface area contributed by atoms with E-state index in [0.717, 1.165) is 21.1 Å². The van der Waals surface area contributed by atoms with Crippen molar-refractivity contribution in [3.63, 3.8) is 0 Å². The molecule has 0 saturated heterocycles. The van der Waals surface area contributed by atoms with Crippen molar-refractivity contribution in [1.29, 1.82) is 0 Å². The van der Waals surface area contributed by atoms with E-state index >= 15 is 0 Å². The summed E-state index contributed by atoms with van der Waals surface area (Å²) in [6.07, 6.45) is -2.54. The van der Waals surface area contributed by atoms with Gasteiger partial charge in [0.05, 0.1) is 12.1 Å². The van der Waals surface area contributed by atoms with E-state index in [1.807, 2.05) is 0 Å². The van der Waals surface area contributed by atoms with Crippen molar-refractivity contribution in [1.82, 2.24) is 9.38 Å². The lowest BCUT2D eigenvalue weighted by Crippen LogP contribution is -2.44. The first kappa shape index (κ1) is 21.2. The molecule has 0 unspecified atom stereocenters. The van der Waals surface area contributed by atoms with Gasteiger partial charge < -0.3 is 9.84 Å². The standard InChI is InChI=1S/C21H12F5N3O3/c22-15-6-5-13(32-21(24,25)26)9-14(15)18-19(30)28-8-2-1-3-17(28)29(20(18)31)11-12-4-7-16(23)27-10-12/h1-10H,11H2. The predicted octanol–water partition coefficient (Wildman–Crippen LogP) is 2.95. The third-order valence-electron chi connectivity index (χ3n) is 4.58. The molecule has 0 radical (unpaired) electrons. The summed E-state index contributed by atoms with van der Waals surface area (Å²) in [4.78, 5) is 16.5. The van der Waals surface area contributed by atoms with Gasteiger partial charge in [-0.25, -0.2) is 18.7 Å². The fraction of sp³-hybridized carbons (Fsp3) is 0.0952. The summed E-state index contributed by atoms with van der Waals surface area (Å²) < 4.78 is 71.5. The fourth-order valence-electron chi connectivity index (χ4n) is 3.24. The van der Waals surface area contributed by atoms with Crippen LogP contribution in [0.2, 0.25) is 0 Å². The molecule has 0 spiro atoms. The van der Waals surface area contributed by atoms with Crippen LogP contribution in [0.1, 0.15) is 5.56 Å². The second-order valence-corrected chi connectivity index (χ2v) is 6.68. The van der Waals surface area contributed by atoms with Crippen molar-refractivity contribution in [2.45, 2.75) is 12.9 Å². The van der Waals surface area contributed by atoms with E-state index in [9.17, 15) is 31.9 Å². The topological polar surface area (TPSA) is 70.5 Å². The zero-order valence-corrected chi connectivity index (χ0v) is 15.9. The third kappa shape index (κ3) is 4.09. The van der Waals surface area contributed by atoms with Crippen LogP contribution < -0.4 is 20.0 Å². The number of halogens is 5. The third-order valence-corrected chi connectivity index (χ3v) is 4.58. The van der Waals surface area contributed by atoms with Crippen molar-refractivity contribution < 1.29 is 36.4 Å². The Balaban J connectivity index is 1.96. The minimum atomic E-state index is -5.05. The van der Waals surface area contributed by atoms with Crippen LogP contribution in [0.25, 0.3) is 16.8 Å². The van der Waals surface area contributed by atoms with E-state index in [-0.39, 0.29) is 12.2 Å². The van der Waals surface area contributed by atoms with Gasteiger partial charge in [0.25, 0.3) is 5.65 Å². The Bertz CT molecular complexity index is 1370. The molecule has 0 aliphatic carbocycles. The number of fused-ring (bicyclic) bond motifs is 1. The van der Waals surface area contributed by atoms with Crippen LogP contribution >= 0.6 is 0 Å². The summed E-state index contributed by atoms with van der Waals surface area (Å²) in [5.41, 5.74) is -1.72. The Morgan fingerprint density at radius 3 is 2.56 bits per heavy atom. The molecule has 0 atom stereocenters. The highest BCUT2D eigenvalue weighted by molar-refractivity contribution is 5.69. The van der Waals surface area contributed by atoms with E-state index in [4.69, 9.17) is 0 Å². The van der Waals surface area contributed by atoms with E-state index in [1.54, 1.807) is 6.07 Å². The molecule has 0 bridgehead atoms. The maximum absolute atomic E-state index is 14.6. The first-order valence-electron chi connectivity index (χ1n) is 9.04. The second kappa shape index (κ2) is 7.91. The quantitative estimate of drug-likeness (QED) is 0.273. The fourth-order valence-corrected chi connectivity index (χ4v) is 3.24.